The number of hydrogen-bond donors (Lipinski definition) is 0. The predicted molar refractivity (Wildman–Crippen MR) is 87.1 cm³/mol. The third-order valence-corrected chi connectivity index (χ3v) is 3.44. The van der Waals surface area contributed by atoms with E-state index in [2.05, 4.69) is 15.9 Å². The Labute approximate surface area is 132 Å². The van der Waals surface area contributed by atoms with Crippen LogP contribution in [0.15, 0.2) is 53.0 Å². The van der Waals surface area contributed by atoms with Crippen molar-refractivity contribution in [3.05, 3.63) is 64.1 Å². The summed E-state index contributed by atoms with van der Waals surface area (Å²) in [6.45, 7) is 0. The summed E-state index contributed by atoms with van der Waals surface area (Å²) >= 11 is 3.40. The largest absolute Gasteiger partial charge is 0.493 e. The van der Waals surface area contributed by atoms with Crippen LogP contribution >= 0.6 is 15.9 Å². The minimum absolute atomic E-state index is 0.0871. The van der Waals surface area contributed by atoms with Gasteiger partial charge in [-0.1, -0.05) is 34.1 Å². The Hall–Kier alpha value is -2.07. The van der Waals surface area contributed by atoms with E-state index in [4.69, 9.17) is 9.47 Å². The zero-order chi connectivity index (χ0) is 15.2. The summed E-state index contributed by atoms with van der Waals surface area (Å²) in [5.74, 6) is 1.06. The van der Waals surface area contributed by atoms with Crippen molar-refractivity contribution in [2.45, 2.75) is 0 Å². The van der Waals surface area contributed by atoms with Gasteiger partial charge in [0.15, 0.2) is 17.3 Å². The van der Waals surface area contributed by atoms with Crippen LogP contribution in [0, 0.1) is 0 Å². The van der Waals surface area contributed by atoms with E-state index in [0.29, 0.717) is 17.1 Å². The third kappa shape index (κ3) is 3.95. The Kier molecular flexibility index (Phi) is 5.17. The first-order valence-electron chi connectivity index (χ1n) is 6.34. The standard InChI is InChI=1S/C17H15BrO3/c1-20-16-9-7-13(11-17(16)21-2)15(19)8-6-12-4-3-5-14(18)10-12/h3-11H,1-2H3. The van der Waals surface area contributed by atoms with Gasteiger partial charge in [0.05, 0.1) is 14.2 Å². The van der Waals surface area contributed by atoms with E-state index in [-0.39, 0.29) is 5.78 Å². The molecule has 0 bridgehead atoms. The zero-order valence-corrected chi connectivity index (χ0v) is 13.4. The second kappa shape index (κ2) is 7.09. The second-order valence-corrected chi connectivity index (χ2v) is 5.24. The van der Waals surface area contributed by atoms with E-state index in [1.807, 2.05) is 24.3 Å². The number of allylic oxidation sites excluding steroid dienone is 1. The summed E-state index contributed by atoms with van der Waals surface area (Å²) in [5.41, 5.74) is 1.51. The Morgan fingerprint density at radius 3 is 2.48 bits per heavy atom. The molecule has 0 unspecified atom stereocenters. The van der Waals surface area contributed by atoms with Crippen LogP contribution in [-0.2, 0) is 0 Å². The Morgan fingerprint density at radius 2 is 1.81 bits per heavy atom. The summed E-state index contributed by atoms with van der Waals surface area (Å²) in [4.78, 5) is 12.2. The zero-order valence-electron chi connectivity index (χ0n) is 11.8. The molecular weight excluding hydrogens is 332 g/mol. The van der Waals surface area contributed by atoms with Crippen molar-refractivity contribution in [1.82, 2.24) is 0 Å². The molecule has 3 nitrogen and oxygen atoms in total. The van der Waals surface area contributed by atoms with Gasteiger partial charge in [-0.3, -0.25) is 4.79 Å². The van der Waals surface area contributed by atoms with Crippen LogP contribution < -0.4 is 9.47 Å². The fraction of sp³-hybridized carbons (Fsp3) is 0.118. The number of hydrogen-bond acceptors (Lipinski definition) is 3. The van der Waals surface area contributed by atoms with E-state index >= 15 is 0 Å². The molecule has 0 aliphatic heterocycles. The molecular formula is C17H15BrO3. The van der Waals surface area contributed by atoms with Gasteiger partial charge in [-0.2, -0.15) is 0 Å². The number of benzene rings is 2. The maximum atomic E-state index is 12.2. The van der Waals surface area contributed by atoms with Crippen molar-refractivity contribution in [2.75, 3.05) is 14.2 Å². The van der Waals surface area contributed by atoms with Crippen LogP contribution in [0.25, 0.3) is 6.08 Å². The second-order valence-electron chi connectivity index (χ2n) is 4.32. The van der Waals surface area contributed by atoms with Crippen LogP contribution in [0.5, 0.6) is 11.5 Å². The van der Waals surface area contributed by atoms with Gasteiger partial charge in [-0.05, 0) is 42.0 Å². The van der Waals surface area contributed by atoms with Gasteiger partial charge in [0.1, 0.15) is 0 Å². The lowest BCUT2D eigenvalue weighted by molar-refractivity contribution is 0.104. The highest BCUT2D eigenvalue weighted by atomic mass is 79.9. The molecule has 0 N–H and O–H groups in total. The van der Waals surface area contributed by atoms with Crippen molar-refractivity contribution in [3.63, 3.8) is 0 Å². The molecule has 0 aliphatic carbocycles. The topological polar surface area (TPSA) is 35.5 Å². The average molecular weight is 347 g/mol. The van der Waals surface area contributed by atoms with Crippen molar-refractivity contribution in [2.24, 2.45) is 0 Å². The Morgan fingerprint density at radius 1 is 1.05 bits per heavy atom. The van der Waals surface area contributed by atoms with Gasteiger partial charge in [-0.25, -0.2) is 0 Å². The number of rotatable bonds is 5. The van der Waals surface area contributed by atoms with Crippen LogP contribution in [0.3, 0.4) is 0 Å². The average Bonchev–Trinajstić information content (AvgIpc) is 2.52. The monoisotopic (exact) mass is 346 g/mol. The molecule has 0 radical (unpaired) electrons. The molecule has 2 aromatic rings. The number of carbonyl (C=O) groups is 1. The molecule has 0 atom stereocenters. The van der Waals surface area contributed by atoms with Crippen LogP contribution in [0.1, 0.15) is 15.9 Å². The van der Waals surface area contributed by atoms with Crippen molar-refractivity contribution in [1.29, 1.82) is 0 Å². The molecule has 0 aliphatic rings. The van der Waals surface area contributed by atoms with E-state index in [1.165, 1.54) is 0 Å². The third-order valence-electron chi connectivity index (χ3n) is 2.94. The molecule has 0 amide bonds. The number of methoxy groups -OCH3 is 2. The summed E-state index contributed by atoms with van der Waals surface area (Å²) in [5, 5.41) is 0. The van der Waals surface area contributed by atoms with Gasteiger partial charge in [0.25, 0.3) is 0 Å². The SMILES string of the molecule is COc1ccc(C(=O)C=Cc2cccc(Br)c2)cc1OC. The van der Waals surface area contributed by atoms with Crippen molar-refractivity contribution in [3.8, 4) is 11.5 Å². The first kappa shape index (κ1) is 15.3. The maximum Gasteiger partial charge on any atom is 0.185 e. The number of ether oxygens (including phenoxy) is 2. The predicted octanol–water partition coefficient (Wildman–Crippen LogP) is 4.36. The van der Waals surface area contributed by atoms with E-state index in [0.717, 1.165) is 10.0 Å². The van der Waals surface area contributed by atoms with Gasteiger partial charge < -0.3 is 9.47 Å². The molecule has 4 heteroatoms. The van der Waals surface area contributed by atoms with Gasteiger partial charge in [-0.15, -0.1) is 0 Å². The fourth-order valence-corrected chi connectivity index (χ4v) is 2.28. The van der Waals surface area contributed by atoms with E-state index in [9.17, 15) is 4.79 Å². The molecule has 0 spiro atoms. The summed E-state index contributed by atoms with van der Waals surface area (Å²) in [7, 11) is 3.11. The molecule has 0 saturated carbocycles. The smallest absolute Gasteiger partial charge is 0.185 e. The van der Waals surface area contributed by atoms with Crippen LogP contribution in [-0.4, -0.2) is 20.0 Å². The minimum atomic E-state index is -0.0871. The highest BCUT2D eigenvalue weighted by Gasteiger charge is 2.08. The highest BCUT2D eigenvalue weighted by molar-refractivity contribution is 9.10. The molecule has 0 saturated heterocycles. The van der Waals surface area contributed by atoms with Crippen LogP contribution in [0.2, 0.25) is 0 Å². The molecule has 2 rings (SSSR count). The van der Waals surface area contributed by atoms with E-state index in [1.54, 1.807) is 44.6 Å². The molecule has 21 heavy (non-hydrogen) atoms. The molecule has 0 fully saturated rings. The molecule has 2 aromatic carbocycles. The van der Waals surface area contributed by atoms with Crippen LogP contribution in [0.4, 0.5) is 0 Å². The van der Waals surface area contributed by atoms with Gasteiger partial charge >= 0.3 is 0 Å². The molecule has 0 heterocycles. The number of halogens is 1. The highest BCUT2D eigenvalue weighted by Crippen LogP contribution is 2.27. The lowest BCUT2D eigenvalue weighted by Crippen LogP contribution is -1.97. The lowest BCUT2D eigenvalue weighted by atomic mass is 10.1. The quantitative estimate of drug-likeness (QED) is 0.595. The van der Waals surface area contributed by atoms with Gasteiger partial charge in [0.2, 0.25) is 0 Å². The first-order chi connectivity index (χ1) is 10.1. The summed E-state index contributed by atoms with van der Waals surface area (Å²) in [6, 6.07) is 12.8. The summed E-state index contributed by atoms with van der Waals surface area (Å²) < 4.78 is 11.3. The lowest BCUT2D eigenvalue weighted by Gasteiger charge is -2.07. The maximum absolute atomic E-state index is 12.2. The Balaban J connectivity index is 2.20. The first-order valence-corrected chi connectivity index (χ1v) is 7.13. The molecule has 108 valence electrons. The molecule has 0 aromatic heterocycles. The summed E-state index contributed by atoms with van der Waals surface area (Å²) in [6.07, 6.45) is 3.33. The Bertz CT molecular complexity index is 677. The van der Waals surface area contributed by atoms with Crippen molar-refractivity contribution >= 4 is 27.8 Å². The van der Waals surface area contributed by atoms with Gasteiger partial charge in [0, 0.05) is 10.0 Å². The fourth-order valence-electron chi connectivity index (χ4n) is 1.87. The number of ketones is 1. The van der Waals surface area contributed by atoms with Crippen molar-refractivity contribution < 1.29 is 14.3 Å². The van der Waals surface area contributed by atoms with E-state index < -0.39 is 0 Å². The normalized spacial score (nSPS) is 10.6. The number of carbonyl (C=O) groups excluding carboxylic acids is 1. The minimum Gasteiger partial charge on any atom is -0.493 e.